The van der Waals surface area contributed by atoms with Crippen molar-refractivity contribution in [2.24, 2.45) is 5.92 Å². The van der Waals surface area contributed by atoms with Crippen LogP contribution in [0.3, 0.4) is 0 Å². The molecule has 2 aliphatic rings. The topological polar surface area (TPSA) is 60.7 Å². The molecule has 2 saturated heterocycles. The zero-order valence-electron chi connectivity index (χ0n) is 13.1. The van der Waals surface area contributed by atoms with Gasteiger partial charge in [-0.2, -0.15) is 0 Å². The van der Waals surface area contributed by atoms with E-state index in [4.69, 9.17) is 4.74 Å². The number of benzene rings is 1. The summed E-state index contributed by atoms with van der Waals surface area (Å²) >= 11 is 0. The molecule has 3 unspecified atom stereocenters. The molecular weight excluding hydrogens is 354 g/mol. The van der Waals surface area contributed by atoms with Crippen molar-refractivity contribution in [2.45, 2.75) is 25.1 Å². The molecule has 0 spiro atoms. The number of esters is 1. The number of likely N-dealkylation sites (N-methyl/N-ethyl adjacent to an activating group) is 1. The molecule has 3 atom stereocenters. The van der Waals surface area contributed by atoms with Crippen LogP contribution in [0.25, 0.3) is 5.32 Å². The molecule has 1 aromatic carbocycles. The van der Waals surface area contributed by atoms with Gasteiger partial charge in [-0.25, -0.2) is 0 Å². The van der Waals surface area contributed by atoms with Gasteiger partial charge in [0.05, 0.1) is 0 Å². The van der Waals surface area contributed by atoms with Gasteiger partial charge in [-0.3, -0.25) is 9.59 Å². The SMILES string of the molecule is CN1C2C[N-]CC1C(C(=O)OCc1ccccc1)C(=O)C2.[Rb+]. The second-order valence-electron chi connectivity index (χ2n) is 5.72. The van der Waals surface area contributed by atoms with Crippen molar-refractivity contribution < 1.29 is 72.5 Å². The summed E-state index contributed by atoms with van der Waals surface area (Å²) in [5.41, 5.74) is 0.925. The van der Waals surface area contributed by atoms with E-state index in [-0.39, 0.29) is 82.7 Å². The molecule has 0 amide bonds. The third-order valence-electron chi connectivity index (χ3n) is 4.40. The second-order valence-corrected chi connectivity index (χ2v) is 5.72. The molecule has 2 bridgehead atoms. The second kappa shape index (κ2) is 8.26. The van der Waals surface area contributed by atoms with Crippen molar-refractivity contribution in [2.75, 3.05) is 20.1 Å². The number of ether oxygens (including phenoxy) is 1. The summed E-state index contributed by atoms with van der Waals surface area (Å²) in [7, 11) is 1.97. The number of rotatable bonds is 3. The van der Waals surface area contributed by atoms with Crippen LogP contribution >= 0.6 is 0 Å². The van der Waals surface area contributed by atoms with E-state index in [0.717, 1.165) is 5.56 Å². The number of Topliss-reactive ketones (excluding diaryl/α,β-unsaturated/α-hetero) is 1. The predicted octanol–water partition coefficient (Wildman–Crippen LogP) is -1.62. The standard InChI is InChI=1S/C16H19N2O3.Rb/c1-18-12-7-14(19)15(13(18)9-17-8-12)16(20)21-10-11-5-3-2-4-6-11;/h2-6,12-13,15H,7-10H2,1H3;/q-1;+1. The largest absolute Gasteiger partial charge is 1.00 e. The molecular formula is C16H19N2O3Rb. The smallest absolute Gasteiger partial charge is 0.660 e. The maximum absolute atomic E-state index is 12.3. The fraction of sp³-hybridized carbons (Fsp3) is 0.500. The van der Waals surface area contributed by atoms with Gasteiger partial charge in [0.15, 0.2) is 0 Å². The van der Waals surface area contributed by atoms with E-state index in [1.54, 1.807) is 0 Å². The van der Waals surface area contributed by atoms with E-state index in [2.05, 4.69) is 10.2 Å². The summed E-state index contributed by atoms with van der Waals surface area (Å²) in [6.45, 7) is 1.43. The minimum atomic E-state index is -0.695. The molecule has 0 radical (unpaired) electrons. The molecule has 0 aromatic heterocycles. The van der Waals surface area contributed by atoms with Gasteiger partial charge >= 0.3 is 64.2 Å². The summed E-state index contributed by atoms with van der Waals surface area (Å²) in [5, 5.41) is 4.40. The molecule has 5 nitrogen and oxygen atoms in total. The van der Waals surface area contributed by atoms with Crippen LogP contribution in [0.2, 0.25) is 0 Å². The average Bonchev–Trinajstić information content (AvgIpc) is 2.48. The Balaban J connectivity index is 0.00000176. The van der Waals surface area contributed by atoms with Gasteiger partial charge in [0.25, 0.3) is 0 Å². The van der Waals surface area contributed by atoms with Gasteiger partial charge in [-0.05, 0) is 18.7 Å². The molecule has 3 rings (SSSR count). The van der Waals surface area contributed by atoms with Gasteiger partial charge in [0.2, 0.25) is 0 Å². The minimum Gasteiger partial charge on any atom is -0.660 e. The number of piperazine rings is 1. The number of carbonyl (C=O) groups excluding carboxylic acids is 2. The zero-order valence-corrected chi connectivity index (χ0v) is 18.0. The molecule has 0 aliphatic carbocycles. The Morgan fingerprint density at radius 3 is 2.77 bits per heavy atom. The number of hydrogen-bond donors (Lipinski definition) is 0. The van der Waals surface area contributed by atoms with Crippen LogP contribution in [0, 0.1) is 5.92 Å². The molecule has 0 saturated carbocycles. The summed E-state index contributed by atoms with van der Waals surface area (Å²) in [6, 6.07) is 9.50. The van der Waals surface area contributed by atoms with Crippen LogP contribution < -0.4 is 58.2 Å². The molecule has 2 heterocycles. The predicted molar refractivity (Wildman–Crippen MR) is 77.8 cm³/mol. The third-order valence-corrected chi connectivity index (χ3v) is 4.40. The van der Waals surface area contributed by atoms with E-state index in [1.165, 1.54) is 0 Å². The maximum Gasteiger partial charge on any atom is 1.00 e. The molecule has 22 heavy (non-hydrogen) atoms. The maximum atomic E-state index is 12.3. The fourth-order valence-electron chi connectivity index (χ4n) is 3.11. The average molecular weight is 373 g/mol. The number of nitrogens with zero attached hydrogens (tertiary/aromatic N) is 2. The van der Waals surface area contributed by atoms with Crippen LogP contribution in [-0.4, -0.2) is 48.9 Å². The van der Waals surface area contributed by atoms with Crippen molar-refractivity contribution in [3.05, 3.63) is 41.2 Å². The van der Waals surface area contributed by atoms with Gasteiger partial charge in [0.1, 0.15) is 18.3 Å². The normalized spacial score (nSPS) is 27.9. The molecule has 112 valence electrons. The number of piperidine rings is 1. The van der Waals surface area contributed by atoms with Crippen molar-refractivity contribution in [3.63, 3.8) is 0 Å². The van der Waals surface area contributed by atoms with Crippen LogP contribution in [-0.2, 0) is 20.9 Å². The van der Waals surface area contributed by atoms with Crippen LogP contribution in [0.5, 0.6) is 0 Å². The first-order chi connectivity index (χ1) is 10.2. The Bertz CT molecular complexity index is 537. The number of carbonyl (C=O) groups is 2. The first-order valence-electron chi connectivity index (χ1n) is 7.25. The number of fused-ring (bicyclic) bond motifs is 2. The zero-order chi connectivity index (χ0) is 14.8. The molecule has 0 N–H and O–H groups in total. The Hall–Kier alpha value is 0.0852. The van der Waals surface area contributed by atoms with Crippen LogP contribution in [0.4, 0.5) is 0 Å². The van der Waals surface area contributed by atoms with E-state index in [0.29, 0.717) is 19.5 Å². The Labute approximate surface area is 179 Å². The number of hydrogen-bond acceptors (Lipinski definition) is 4. The van der Waals surface area contributed by atoms with Crippen molar-refractivity contribution in [3.8, 4) is 0 Å². The van der Waals surface area contributed by atoms with Crippen LogP contribution in [0.15, 0.2) is 30.3 Å². The molecule has 6 heteroatoms. The Kier molecular flexibility index (Phi) is 6.92. The fourth-order valence-corrected chi connectivity index (χ4v) is 3.11. The van der Waals surface area contributed by atoms with Crippen LogP contribution in [0.1, 0.15) is 12.0 Å². The first-order valence-corrected chi connectivity index (χ1v) is 7.25. The van der Waals surface area contributed by atoms with E-state index < -0.39 is 11.9 Å². The Morgan fingerprint density at radius 1 is 1.32 bits per heavy atom. The molecule has 1 aromatic rings. The first kappa shape index (κ1) is 18.4. The van der Waals surface area contributed by atoms with Crippen molar-refractivity contribution >= 4 is 11.8 Å². The number of ketones is 1. The van der Waals surface area contributed by atoms with Crippen molar-refractivity contribution in [1.82, 2.24) is 4.90 Å². The minimum absolute atomic E-state index is 0. The van der Waals surface area contributed by atoms with Gasteiger partial charge in [0, 0.05) is 12.5 Å². The summed E-state index contributed by atoms with van der Waals surface area (Å²) < 4.78 is 5.35. The summed E-state index contributed by atoms with van der Waals surface area (Å²) in [5.74, 6) is -1.12. The van der Waals surface area contributed by atoms with Gasteiger partial charge < -0.3 is 15.0 Å². The summed E-state index contributed by atoms with van der Waals surface area (Å²) in [6.07, 6.45) is 0.390. The summed E-state index contributed by atoms with van der Waals surface area (Å²) in [4.78, 5) is 26.7. The quantitative estimate of drug-likeness (QED) is 0.473. The third kappa shape index (κ3) is 3.94. The van der Waals surface area contributed by atoms with Crippen molar-refractivity contribution in [1.29, 1.82) is 0 Å². The monoisotopic (exact) mass is 372 g/mol. The van der Waals surface area contributed by atoms with E-state index in [1.807, 2.05) is 37.4 Å². The van der Waals surface area contributed by atoms with E-state index in [9.17, 15) is 9.59 Å². The van der Waals surface area contributed by atoms with E-state index >= 15 is 0 Å². The molecule has 2 fully saturated rings. The molecule has 2 aliphatic heterocycles. The van der Waals surface area contributed by atoms with Gasteiger partial charge in [-0.1, -0.05) is 30.3 Å². The van der Waals surface area contributed by atoms with Gasteiger partial charge in [-0.15, -0.1) is 13.1 Å². The Morgan fingerprint density at radius 2 is 2.05 bits per heavy atom.